The summed E-state index contributed by atoms with van der Waals surface area (Å²) in [6.07, 6.45) is 4.24. The second kappa shape index (κ2) is 6.55. The molecule has 1 saturated heterocycles. The van der Waals surface area contributed by atoms with Gasteiger partial charge in [-0.05, 0) is 38.9 Å². The average molecular weight is 257 g/mol. The van der Waals surface area contributed by atoms with Crippen LogP contribution >= 0.6 is 11.4 Å². The smallest absolute Gasteiger partial charge is 0.145 e. The number of ether oxygens (including phenoxy) is 1. The quantitative estimate of drug-likeness (QED) is 0.458. The molecule has 0 saturated carbocycles. The third-order valence-corrected chi connectivity index (χ3v) is 3.68. The van der Waals surface area contributed by atoms with Crippen molar-refractivity contribution in [2.24, 2.45) is 0 Å². The van der Waals surface area contributed by atoms with E-state index in [9.17, 15) is 5.11 Å². The van der Waals surface area contributed by atoms with Gasteiger partial charge in [0.1, 0.15) is 5.05 Å². The number of rotatable bonds is 3. The molecular formula is C13H23NO2S. The van der Waals surface area contributed by atoms with Crippen molar-refractivity contribution in [3.05, 3.63) is 0 Å². The SMILES string of the molecule is COCC1CCCN1C(C)(C)C#CC(O)=[SH]C. The average Bonchev–Trinajstić information content (AvgIpc) is 2.75. The van der Waals surface area contributed by atoms with Crippen molar-refractivity contribution in [1.82, 2.24) is 4.90 Å². The molecule has 1 atom stereocenters. The molecule has 0 aliphatic carbocycles. The Balaban J connectivity index is 2.77. The first kappa shape index (κ1) is 14.7. The molecule has 98 valence electrons. The molecule has 0 aromatic carbocycles. The molecule has 0 aromatic rings. The lowest BCUT2D eigenvalue weighted by atomic mass is 10.0. The summed E-state index contributed by atoms with van der Waals surface area (Å²) in [4.78, 5) is 2.38. The maximum atomic E-state index is 9.42. The number of likely N-dealkylation sites (tertiary alicyclic amines) is 1. The fourth-order valence-electron chi connectivity index (χ4n) is 2.27. The molecule has 1 aliphatic rings. The third-order valence-electron chi connectivity index (χ3n) is 3.15. The van der Waals surface area contributed by atoms with Crippen molar-refractivity contribution in [1.29, 1.82) is 0 Å². The van der Waals surface area contributed by atoms with Crippen molar-refractivity contribution in [2.75, 3.05) is 26.5 Å². The van der Waals surface area contributed by atoms with E-state index in [0.717, 1.165) is 24.5 Å². The molecule has 1 unspecified atom stereocenters. The van der Waals surface area contributed by atoms with Crippen LogP contribution in [0.2, 0.25) is 0 Å². The van der Waals surface area contributed by atoms with Gasteiger partial charge in [-0.25, -0.2) is 0 Å². The van der Waals surface area contributed by atoms with E-state index in [1.54, 1.807) is 7.11 Å². The molecule has 1 heterocycles. The minimum absolute atomic E-state index is 0.210. The monoisotopic (exact) mass is 257 g/mol. The normalized spacial score (nSPS) is 22.9. The molecule has 0 amide bonds. The van der Waals surface area contributed by atoms with E-state index in [1.807, 2.05) is 6.26 Å². The molecule has 17 heavy (non-hydrogen) atoms. The highest BCUT2D eigenvalue weighted by atomic mass is 32.1. The van der Waals surface area contributed by atoms with E-state index in [1.165, 1.54) is 12.8 Å². The molecule has 4 heteroatoms. The van der Waals surface area contributed by atoms with Crippen molar-refractivity contribution in [3.63, 3.8) is 0 Å². The summed E-state index contributed by atoms with van der Waals surface area (Å²) < 4.78 is 5.25. The van der Waals surface area contributed by atoms with Crippen molar-refractivity contribution < 1.29 is 9.84 Å². The first-order valence-electron chi connectivity index (χ1n) is 5.96. The molecular weight excluding hydrogens is 234 g/mol. The molecule has 0 bridgehead atoms. The van der Waals surface area contributed by atoms with E-state index in [-0.39, 0.29) is 10.6 Å². The van der Waals surface area contributed by atoms with Crippen molar-refractivity contribution in [2.45, 2.75) is 38.3 Å². The first-order chi connectivity index (χ1) is 8.01. The van der Waals surface area contributed by atoms with Gasteiger partial charge in [-0.2, -0.15) is 11.4 Å². The summed E-state index contributed by atoms with van der Waals surface area (Å²) in [6, 6.07) is 0.450. The van der Waals surface area contributed by atoms with Crippen LogP contribution in [0, 0.1) is 11.8 Å². The van der Waals surface area contributed by atoms with Gasteiger partial charge in [-0.1, -0.05) is 5.92 Å². The Kier molecular flexibility index (Phi) is 5.68. The van der Waals surface area contributed by atoms with E-state index in [0.29, 0.717) is 6.04 Å². The summed E-state index contributed by atoms with van der Waals surface area (Å²) in [5, 5.41) is 9.66. The lowest BCUT2D eigenvalue weighted by Crippen LogP contribution is -2.47. The Bertz CT molecular complexity index is 341. The molecule has 0 spiro atoms. The second-order valence-corrected chi connectivity index (χ2v) is 5.67. The second-order valence-electron chi connectivity index (χ2n) is 4.80. The Labute approximate surface area is 108 Å². The number of aliphatic hydroxyl groups excluding tert-OH is 1. The predicted octanol–water partition coefficient (Wildman–Crippen LogP) is 1.66. The molecule has 3 nitrogen and oxygen atoms in total. The number of thiol groups is 1. The number of methoxy groups -OCH3 is 1. The summed E-state index contributed by atoms with van der Waals surface area (Å²) in [7, 11) is 1.74. The van der Waals surface area contributed by atoms with Crippen LogP contribution in [0.15, 0.2) is 0 Å². The van der Waals surface area contributed by atoms with Crippen LogP contribution in [0.25, 0.3) is 0 Å². The Morgan fingerprint density at radius 3 is 2.88 bits per heavy atom. The molecule has 1 rings (SSSR count). The fourth-order valence-corrected chi connectivity index (χ4v) is 2.44. The number of aliphatic hydroxyl groups is 1. The van der Waals surface area contributed by atoms with Gasteiger partial charge in [-0.3, -0.25) is 4.90 Å². The fraction of sp³-hybridized carbons (Fsp3) is 0.769. The standard InChI is InChI=1S/C13H23NO2S/c1-13(2,8-7-12(15)17-4)14-9-5-6-11(14)10-16-3/h11,15,17H,5-6,9-10H2,1-4H3. The zero-order valence-electron chi connectivity index (χ0n) is 11.2. The number of hydrogen-bond donors (Lipinski definition) is 2. The maximum absolute atomic E-state index is 9.42. The zero-order chi connectivity index (χ0) is 12.9. The van der Waals surface area contributed by atoms with Gasteiger partial charge in [0.05, 0.1) is 12.1 Å². The molecule has 0 aromatic heterocycles. The van der Waals surface area contributed by atoms with E-state index >= 15 is 0 Å². The van der Waals surface area contributed by atoms with Crippen LogP contribution < -0.4 is 0 Å². The minimum Gasteiger partial charge on any atom is -0.383 e. The first-order valence-corrected chi connectivity index (χ1v) is 7.30. The van der Waals surface area contributed by atoms with Crippen LogP contribution in [0.3, 0.4) is 0 Å². The lowest BCUT2D eigenvalue weighted by molar-refractivity contribution is 0.0766. The van der Waals surface area contributed by atoms with Crippen molar-refractivity contribution in [3.8, 4) is 11.8 Å². The van der Waals surface area contributed by atoms with Gasteiger partial charge >= 0.3 is 0 Å². The Morgan fingerprint density at radius 1 is 1.59 bits per heavy atom. The number of nitrogens with zero attached hydrogens (tertiary/aromatic N) is 1. The lowest BCUT2D eigenvalue weighted by Gasteiger charge is -2.35. The minimum atomic E-state index is -0.210. The highest BCUT2D eigenvalue weighted by Gasteiger charge is 2.34. The van der Waals surface area contributed by atoms with E-state index < -0.39 is 0 Å². The molecule has 1 N–H and O–H groups in total. The Hall–Kier alpha value is -0.340. The molecule has 0 radical (unpaired) electrons. The molecule has 1 fully saturated rings. The number of hydrogen-bond acceptors (Lipinski definition) is 2. The Morgan fingerprint density at radius 2 is 2.29 bits per heavy atom. The van der Waals surface area contributed by atoms with Gasteiger partial charge < -0.3 is 9.84 Å². The van der Waals surface area contributed by atoms with E-state index in [4.69, 9.17) is 4.74 Å². The van der Waals surface area contributed by atoms with Gasteiger partial charge in [-0.15, -0.1) is 0 Å². The van der Waals surface area contributed by atoms with Crippen LogP contribution in [0.5, 0.6) is 0 Å². The zero-order valence-corrected chi connectivity index (χ0v) is 12.1. The van der Waals surface area contributed by atoms with Gasteiger partial charge in [0.15, 0.2) is 0 Å². The van der Waals surface area contributed by atoms with Gasteiger partial charge in [0.25, 0.3) is 0 Å². The van der Waals surface area contributed by atoms with Crippen LogP contribution in [0.4, 0.5) is 0 Å². The van der Waals surface area contributed by atoms with Crippen molar-refractivity contribution >= 4 is 16.4 Å². The highest BCUT2D eigenvalue weighted by molar-refractivity contribution is 7.98. The molecule has 1 aliphatic heterocycles. The van der Waals surface area contributed by atoms with Crippen LogP contribution in [-0.4, -0.2) is 53.2 Å². The van der Waals surface area contributed by atoms with Crippen LogP contribution in [0.1, 0.15) is 26.7 Å². The maximum Gasteiger partial charge on any atom is 0.145 e. The van der Waals surface area contributed by atoms with Gasteiger partial charge in [0.2, 0.25) is 0 Å². The summed E-state index contributed by atoms with van der Waals surface area (Å²) in [5.41, 5.74) is -0.210. The largest absolute Gasteiger partial charge is 0.383 e. The third kappa shape index (κ3) is 4.11. The highest BCUT2D eigenvalue weighted by Crippen LogP contribution is 2.26. The van der Waals surface area contributed by atoms with E-state index in [2.05, 4.69) is 30.6 Å². The summed E-state index contributed by atoms with van der Waals surface area (Å²) in [6.45, 7) is 6.02. The topological polar surface area (TPSA) is 32.7 Å². The summed E-state index contributed by atoms with van der Waals surface area (Å²) in [5.74, 6) is 6.01. The van der Waals surface area contributed by atoms with Crippen LogP contribution in [-0.2, 0) is 4.74 Å². The summed E-state index contributed by atoms with van der Waals surface area (Å²) >= 11 is 0.826. The van der Waals surface area contributed by atoms with Gasteiger partial charge in [0, 0.05) is 19.7 Å². The predicted molar refractivity (Wildman–Crippen MR) is 76.0 cm³/mol.